The fraction of sp³-hybridized carbons (Fsp3) is 0.235. The van der Waals surface area contributed by atoms with E-state index in [-0.39, 0.29) is 11.1 Å². The lowest BCUT2D eigenvalue weighted by molar-refractivity contribution is -0.115. The van der Waals surface area contributed by atoms with Gasteiger partial charge in [-0.1, -0.05) is 11.8 Å². The summed E-state index contributed by atoms with van der Waals surface area (Å²) < 4.78 is 2.08. The van der Waals surface area contributed by atoms with E-state index < -0.39 is 5.91 Å². The van der Waals surface area contributed by atoms with Gasteiger partial charge in [0.2, 0.25) is 0 Å². The minimum atomic E-state index is -0.483. The highest BCUT2D eigenvalue weighted by Crippen LogP contribution is 1.95. The Bertz CT molecular complexity index is 990. The summed E-state index contributed by atoms with van der Waals surface area (Å²) in [6.07, 6.45) is 3.25. The Morgan fingerprint density at radius 3 is 2.83 bits per heavy atom. The number of thiazole rings is 1. The van der Waals surface area contributed by atoms with E-state index in [2.05, 4.69) is 16.0 Å². The normalized spacial score (nSPS) is 11.2. The maximum atomic E-state index is 12.5. The predicted octanol–water partition coefficient (Wildman–Crippen LogP) is 0.228. The lowest BCUT2D eigenvalue weighted by Crippen LogP contribution is -2.34. The highest BCUT2D eigenvalue weighted by atomic mass is 32.1. The van der Waals surface area contributed by atoms with E-state index in [4.69, 9.17) is 0 Å². The first-order chi connectivity index (χ1) is 11.6. The van der Waals surface area contributed by atoms with Crippen LogP contribution < -0.4 is 20.1 Å². The van der Waals surface area contributed by atoms with Gasteiger partial charge in [0.05, 0.1) is 5.69 Å². The van der Waals surface area contributed by atoms with Crippen molar-refractivity contribution >= 4 is 34.6 Å². The van der Waals surface area contributed by atoms with Crippen molar-refractivity contribution in [2.24, 2.45) is 0 Å². The van der Waals surface area contributed by atoms with Crippen molar-refractivity contribution in [1.29, 1.82) is 5.26 Å². The molecule has 24 heavy (non-hydrogen) atoms. The molecule has 2 heterocycles. The second kappa shape index (κ2) is 8.06. The van der Waals surface area contributed by atoms with Gasteiger partial charge in [0.1, 0.15) is 15.3 Å². The lowest BCUT2D eigenvalue weighted by atomic mass is 10.3. The first-order valence-corrected chi connectivity index (χ1v) is 8.24. The summed E-state index contributed by atoms with van der Waals surface area (Å²) in [6, 6.07) is 7.32. The second-order valence-corrected chi connectivity index (χ2v) is 5.67. The highest BCUT2D eigenvalue weighted by Gasteiger charge is 2.14. The number of aromatic nitrogens is 2. The van der Waals surface area contributed by atoms with Crippen molar-refractivity contribution in [3.05, 3.63) is 49.6 Å². The van der Waals surface area contributed by atoms with Gasteiger partial charge in [0.25, 0.3) is 11.5 Å². The average Bonchev–Trinajstić information content (AvgIpc) is 2.90. The van der Waals surface area contributed by atoms with Crippen LogP contribution in [0.2, 0.25) is 0 Å². The Labute approximate surface area is 142 Å². The SMILES string of the molecule is CCNC(=O)/C(C#N)=c1\sc(=C=Cc2ccccn2)c(=O)n1CC. The van der Waals surface area contributed by atoms with E-state index in [0.29, 0.717) is 28.0 Å². The molecule has 0 aromatic carbocycles. The second-order valence-electron chi connectivity index (χ2n) is 4.68. The largest absolute Gasteiger partial charge is 0.352 e. The van der Waals surface area contributed by atoms with Crippen molar-refractivity contribution in [3.63, 3.8) is 0 Å². The molecule has 0 saturated heterocycles. The molecule has 0 saturated carbocycles. The molecule has 0 atom stereocenters. The van der Waals surface area contributed by atoms with Gasteiger partial charge in [0, 0.05) is 25.4 Å². The molecular formula is C17H16N4O2S. The van der Waals surface area contributed by atoms with Crippen molar-refractivity contribution in [3.8, 4) is 6.07 Å². The van der Waals surface area contributed by atoms with Crippen LogP contribution in [0.1, 0.15) is 19.5 Å². The number of carbonyl (C=O) groups excluding carboxylic acids is 1. The Kier molecular flexibility index (Phi) is 5.85. The van der Waals surface area contributed by atoms with Crippen LogP contribution in [-0.2, 0) is 11.3 Å². The van der Waals surface area contributed by atoms with E-state index in [1.54, 1.807) is 38.3 Å². The summed E-state index contributed by atoms with van der Waals surface area (Å²) in [6.45, 7) is 4.32. The maximum Gasteiger partial charge on any atom is 0.277 e. The number of amides is 1. The Morgan fingerprint density at radius 2 is 2.25 bits per heavy atom. The fourth-order valence-electron chi connectivity index (χ4n) is 2.02. The minimum absolute atomic E-state index is 0.0633. The van der Waals surface area contributed by atoms with E-state index in [0.717, 1.165) is 11.3 Å². The van der Waals surface area contributed by atoms with E-state index in [9.17, 15) is 14.9 Å². The molecule has 0 aliphatic rings. The van der Waals surface area contributed by atoms with Crippen molar-refractivity contribution in [2.45, 2.75) is 20.4 Å². The zero-order valence-corrected chi connectivity index (χ0v) is 14.2. The molecule has 0 aliphatic carbocycles. The maximum absolute atomic E-state index is 12.5. The summed E-state index contributed by atoms with van der Waals surface area (Å²) in [5.41, 5.74) is 3.25. The number of rotatable bonds is 4. The van der Waals surface area contributed by atoms with Crippen LogP contribution in [0.5, 0.6) is 0 Å². The van der Waals surface area contributed by atoms with Crippen molar-refractivity contribution < 1.29 is 4.79 Å². The summed E-state index contributed by atoms with van der Waals surface area (Å²) in [7, 11) is 0. The third kappa shape index (κ3) is 3.69. The molecule has 0 spiro atoms. The standard InChI is InChI=1S/C17H16N4O2S/c1-3-19-15(22)13(11-18)17-21(4-2)16(23)14(24-17)9-8-12-7-5-6-10-20-12/h5-8,10H,3-4H2,1-2H3,(H,19,22)/b17-13-. The summed E-state index contributed by atoms with van der Waals surface area (Å²) in [4.78, 5) is 28.6. The molecule has 122 valence electrons. The molecule has 1 N–H and O–H groups in total. The van der Waals surface area contributed by atoms with Gasteiger partial charge >= 0.3 is 0 Å². The first-order valence-electron chi connectivity index (χ1n) is 7.42. The fourth-order valence-corrected chi connectivity index (χ4v) is 3.09. The number of pyridine rings is 1. The molecule has 7 heteroatoms. The quantitative estimate of drug-likeness (QED) is 0.863. The number of nitrogens with zero attached hydrogens (tertiary/aromatic N) is 3. The van der Waals surface area contributed by atoms with E-state index in [1.807, 2.05) is 12.1 Å². The monoisotopic (exact) mass is 340 g/mol. The number of hydrogen-bond acceptors (Lipinski definition) is 5. The smallest absolute Gasteiger partial charge is 0.277 e. The molecule has 2 aromatic rings. The van der Waals surface area contributed by atoms with Gasteiger partial charge in [0.15, 0.2) is 5.57 Å². The molecule has 2 rings (SSSR count). The highest BCUT2D eigenvalue weighted by molar-refractivity contribution is 7.07. The van der Waals surface area contributed by atoms with Crippen molar-refractivity contribution in [1.82, 2.24) is 14.9 Å². The summed E-state index contributed by atoms with van der Waals surface area (Å²) in [5.74, 6) is -0.483. The average molecular weight is 340 g/mol. The number of hydrogen-bond donors (Lipinski definition) is 1. The van der Waals surface area contributed by atoms with Gasteiger partial charge in [-0.05, 0) is 26.0 Å². The van der Waals surface area contributed by atoms with E-state index in [1.165, 1.54) is 4.57 Å². The van der Waals surface area contributed by atoms with Crippen molar-refractivity contribution in [2.75, 3.05) is 6.54 Å². The molecule has 0 aliphatic heterocycles. The van der Waals surface area contributed by atoms with Gasteiger partial charge in [-0.15, -0.1) is 11.3 Å². The van der Waals surface area contributed by atoms with Crippen LogP contribution in [0.25, 0.3) is 17.4 Å². The lowest BCUT2D eigenvalue weighted by Gasteiger charge is -2.00. The topological polar surface area (TPSA) is 87.8 Å². The molecule has 0 bridgehead atoms. The van der Waals surface area contributed by atoms with Crippen LogP contribution in [-0.4, -0.2) is 22.0 Å². The number of carbonyl (C=O) groups is 1. The van der Waals surface area contributed by atoms with Gasteiger partial charge in [-0.25, -0.2) is 0 Å². The zero-order valence-electron chi connectivity index (χ0n) is 13.4. The molecule has 0 radical (unpaired) electrons. The molecule has 0 fully saturated rings. The zero-order chi connectivity index (χ0) is 17.5. The third-order valence-electron chi connectivity index (χ3n) is 3.13. The Morgan fingerprint density at radius 1 is 1.46 bits per heavy atom. The molecule has 0 unspecified atom stereocenters. The molecule has 6 nitrogen and oxygen atoms in total. The van der Waals surface area contributed by atoms with Crippen LogP contribution in [0.4, 0.5) is 0 Å². The Balaban J connectivity index is 2.74. The van der Waals surface area contributed by atoms with Crippen LogP contribution in [0, 0.1) is 11.3 Å². The van der Waals surface area contributed by atoms with Gasteiger partial charge in [-0.3, -0.25) is 19.1 Å². The Hall–Kier alpha value is -2.94. The number of nitrogens with one attached hydrogen (secondary N) is 1. The molecule has 1 amide bonds. The van der Waals surface area contributed by atoms with E-state index >= 15 is 0 Å². The van der Waals surface area contributed by atoms with Crippen LogP contribution in [0.15, 0.2) is 29.2 Å². The third-order valence-corrected chi connectivity index (χ3v) is 4.24. The summed E-state index contributed by atoms with van der Waals surface area (Å²) >= 11 is 1.08. The predicted molar refractivity (Wildman–Crippen MR) is 93.3 cm³/mol. The first kappa shape index (κ1) is 17.4. The van der Waals surface area contributed by atoms with Crippen LogP contribution >= 0.6 is 11.3 Å². The number of nitriles is 1. The van der Waals surface area contributed by atoms with Gasteiger partial charge < -0.3 is 5.32 Å². The molecule has 2 aromatic heterocycles. The van der Waals surface area contributed by atoms with Gasteiger partial charge in [-0.2, -0.15) is 5.26 Å². The minimum Gasteiger partial charge on any atom is -0.352 e. The van der Waals surface area contributed by atoms with Crippen LogP contribution in [0.3, 0.4) is 0 Å². The molecular weight excluding hydrogens is 324 g/mol. The summed E-state index contributed by atoms with van der Waals surface area (Å²) in [5, 5.41) is 11.9.